The Bertz CT molecular complexity index is 556. The molecule has 2 aromatic heterocycles. The molecule has 0 fully saturated rings. The van der Waals surface area contributed by atoms with Crippen LogP contribution in [0.5, 0.6) is 0 Å². The minimum Gasteiger partial charge on any atom is -0.458 e. The lowest BCUT2D eigenvalue weighted by Gasteiger charge is -2.21. The van der Waals surface area contributed by atoms with Crippen molar-refractivity contribution in [2.45, 2.75) is 33.2 Å². The van der Waals surface area contributed by atoms with Gasteiger partial charge in [0.05, 0.1) is 5.69 Å². The number of aryl methyl sites for hydroxylation is 1. The Morgan fingerprint density at radius 2 is 2.29 bits per heavy atom. The standard InChI is InChI=1S/C13H15BrN2O/c1-8-5-6-16-10(7-8)12(14)15-13(16)11-4-3-9(2)17-11/h3-4,8H,5-7H2,1-2H3. The summed E-state index contributed by atoms with van der Waals surface area (Å²) in [6, 6.07) is 3.98. The van der Waals surface area contributed by atoms with E-state index < -0.39 is 0 Å². The van der Waals surface area contributed by atoms with Crippen molar-refractivity contribution in [1.29, 1.82) is 0 Å². The third kappa shape index (κ3) is 1.84. The fourth-order valence-electron chi connectivity index (χ4n) is 2.42. The number of hydrogen-bond acceptors (Lipinski definition) is 2. The zero-order valence-electron chi connectivity index (χ0n) is 10.0. The van der Waals surface area contributed by atoms with Crippen LogP contribution in [-0.4, -0.2) is 9.55 Å². The number of imidazole rings is 1. The van der Waals surface area contributed by atoms with E-state index in [1.165, 1.54) is 12.1 Å². The molecule has 3 heterocycles. The van der Waals surface area contributed by atoms with Crippen molar-refractivity contribution >= 4 is 15.9 Å². The highest BCUT2D eigenvalue weighted by molar-refractivity contribution is 9.10. The highest BCUT2D eigenvalue weighted by atomic mass is 79.9. The molecule has 1 aliphatic heterocycles. The summed E-state index contributed by atoms with van der Waals surface area (Å²) in [5, 5.41) is 0. The summed E-state index contributed by atoms with van der Waals surface area (Å²) in [7, 11) is 0. The van der Waals surface area contributed by atoms with Crippen LogP contribution in [0.4, 0.5) is 0 Å². The first-order valence-corrected chi connectivity index (χ1v) is 6.76. The Hall–Kier alpha value is -1.03. The van der Waals surface area contributed by atoms with E-state index in [2.05, 4.69) is 32.4 Å². The van der Waals surface area contributed by atoms with Crippen LogP contribution in [-0.2, 0) is 13.0 Å². The van der Waals surface area contributed by atoms with Crippen molar-refractivity contribution in [2.75, 3.05) is 0 Å². The van der Waals surface area contributed by atoms with Crippen molar-refractivity contribution in [2.24, 2.45) is 5.92 Å². The van der Waals surface area contributed by atoms with Crippen LogP contribution in [0.25, 0.3) is 11.6 Å². The van der Waals surface area contributed by atoms with Crippen molar-refractivity contribution in [3.05, 3.63) is 28.2 Å². The molecule has 3 rings (SSSR count). The zero-order chi connectivity index (χ0) is 12.0. The molecule has 0 spiro atoms. The lowest BCUT2D eigenvalue weighted by atomic mass is 9.99. The van der Waals surface area contributed by atoms with Crippen LogP contribution in [0.2, 0.25) is 0 Å². The molecule has 17 heavy (non-hydrogen) atoms. The normalized spacial score (nSPS) is 19.4. The van der Waals surface area contributed by atoms with Gasteiger partial charge in [-0.2, -0.15) is 0 Å². The summed E-state index contributed by atoms with van der Waals surface area (Å²) in [4.78, 5) is 4.60. The maximum atomic E-state index is 5.67. The van der Waals surface area contributed by atoms with Crippen LogP contribution in [0, 0.1) is 12.8 Å². The number of furan rings is 1. The monoisotopic (exact) mass is 294 g/mol. The highest BCUT2D eigenvalue weighted by Gasteiger charge is 2.24. The van der Waals surface area contributed by atoms with E-state index in [1.807, 2.05) is 19.1 Å². The van der Waals surface area contributed by atoms with E-state index in [0.29, 0.717) is 0 Å². The molecule has 0 amide bonds. The SMILES string of the molecule is Cc1ccc(-c2nc(Br)c3n2CCC(C)C3)o1. The van der Waals surface area contributed by atoms with Crippen LogP contribution in [0.1, 0.15) is 24.8 Å². The van der Waals surface area contributed by atoms with Crippen LogP contribution < -0.4 is 0 Å². The third-order valence-electron chi connectivity index (χ3n) is 3.37. The van der Waals surface area contributed by atoms with Gasteiger partial charge in [0.25, 0.3) is 0 Å². The molecular formula is C13H15BrN2O. The fourth-order valence-corrected chi connectivity index (χ4v) is 2.96. The van der Waals surface area contributed by atoms with E-state index in [9.17, 15) is 0 Å². The summed E-state index contributed by atoms with van der Waals surface area (Å²) >= 11 is 3.56. The predicted molar refractivity (Wildman–Crippen MR) is 69.9 cm³/mol. The van der Waals surface area contributed by atoms with Gasteiger partial charge in [0, 0.05) is 6.54 Å². The topological polar surface area (TPSA) is 31.0 Å². The number of nitrogens with zero attached hydrogens (tertiary/aromatic N) is 2. The summed E-state index contributed by atoms with van der Waals surface area (Å²) < 4.78 is 8.92. The Labute approximate surface area is 109 Å². The summed E-state index contributed by atoms with van der Waals surface area (Å²) in [5.74, 6) is 3.48. The molecule has 1 unspecified atom stereocenters. The van der Waals surface area contributed by atoms with Gasteiger partial charge in [0.15, 0.2) is 11.6 Å². The van der Waals surface area contributed by atoms with Gasteiger partial charge in [-0.05, 0) is 53.7 Å². The van der Waals surface area contributed by atoms with Crippen LogP contribution in [0.15, 0.2) is 21.2 Å². The van der Waals surface area contributed by atoms with Gasteiger partial charge in [-0.25, -0.2) is 4.98 Å². The molecule has 0 aromatic carbocycles. The molecule has 1 aliphatic rings. The van der Waals surface area contributed by atoms with Crippen molar-refractivity contribution < 1.29 is 4.42 Å². The van der Waals surface area contributed by atoms with E-state index in [1.54, 1.807) is 0 Å². The summed E-state index contributed by atoms with van der Waals surface area (Å²) in [5.41, 5.74) is 1.30. The van der Waals surface area contributed by atoms with Crippen molar-refractivity contribution in [3.63, 3.8) is 0 Å². The van der Waals surface area contributed by atoms with Gasteiger partial charge in [-0.15, -0.1) is 0 Å². The Balaban J connectivity index is 2.10. The summed E-state index contributed by atoms with van der Waals surface area (Å²) in [6.07, 6.45) is 2.30. The molecule has 1 atom stereocenters. The molecule has 0 bridgehead atoms. The molecule has 0 radical (unpaired) electrons. The predicted octanol–water partition coefficient (Wildman–Crippen LogP) is 3.80. The molecule has 4 heteroatoms. The van der Waals surface area contributed by atoms with Gasteiger partial charge in [0.2, 0.25) is 0 Å². The molecule has 0 aliphatic carbocycles. The first kappa shape index (κ1) is 11.1. The van der Waals surface area contributed by atoms with E-state index in [4.69, 9.17) is 4.42 Å². The second-order valence-electron chi connectivity index (χ2n) is 4.83. The number of halogens is 1. The van der Waals surface area contributed by atoms with Gasteiger partial charge >= 0.3 is 0 Å². The third-order valence-corrected chi connectivity index (χ3v) is 4.01. The Kier molecular flexibility index (Phi) is 2.62. The minimum atomic E-state index is 0.738. The van der Waals surface area contributed by atoms with Crippen LogP contribution >= 0.6 is 15.9 Å². The first-order chi connectivity index (χ1) is 8.15. The van der Waals surface area contributed by atoms with E-state index in [0.717, 1.165) is 40.8 Å². The van der Waals surface area contributed by atoms with E-state index >= 15 is 0 Å². The number of aromatic nitrogens is 2. The lowest BCUT2D eigenvalue weighted by molar-refractivity contribution is 0.415. The molecule has 3 nitrogen and oxygen atoms in total. The lowest BCUT2D eigenvalue weighted by Crippen LogP contribution is -2.17. The first-order valence-electron chi connectivity index (χ1n) is 5.97. The highest BCUT2D eigenvalue weighted by Crippen LogP contribution is 2.32. The quantitative estimate of drug-likeness (QED) is 0.801. The van der Waals surface area contributed by atoms with Crippen molar-refractivity contribution in [3.8, 4) is 11.6 Å². The molecule has 0 saturated heterocycles. The number of fused-ring (bicyclic) bond motifs is 1. The zero-order valence-corrected chi connectivity index (χ0v) is 11.6. The average Bonchev–Trinajstić information content (AvgIpc) is 2.84. The average molecular weight is 295 g/mol. The number of hydrogen-bond donors (Lipinski definition) is 0. The van der Waals surface area contributed by atoms with Gasteiger partial charge < -0.3 is 8.98 Å². The molecule has 0 saturated carbocycles. The molecular weight excluding hydrogens is 280 g/mol. The summed E-state index contributed by atoms with van der Waals surface area (Å²) in [6.45, 7) is 5.28. The van der Waals surface area contributed by atoms with Crippen molar-refractivity contribution in [1.82, 2.24) is 9.55 Å². The second-order valence-corrected chi connectivity index (χ2v) is 5.58. The Morgan fingerprint density at radius 1 is 1.47 bits per heavy atom. The van der Waals surface area contributed by atoms with E-state index in [-0.39, 0.29) is 0 Å². The van der Waals surface area contributed by atoms with Gasteiger partial charge in [-0.3, -0.25) is 0 Å². The second kappa shape index (κ2) is 4.02. The molecule has 90 valence electrons. The minimum absolute atomic E-state index is 0.738. The fraction of sp³-hybridized carbons (Fsp3) is 0.462. The number of rotatable bonds is 1. The van der Waals surface area contributed by atoms with Crippen LogP contribution in [0.3, 0.4) is 0 Å². The largest absolute Gasteiger partial charge is 0.458 e. The Morgan fingerprint density at radius 3 is 3.00 bits per heavy atom. The van der Waals surface area contributed by atoms with Gasteiger partial charge in [0.1, 0.15) is 10.4 Å². The van der Waals surface area contributed by atoms with Gasteiger partial charge in [-0.1, -0.05) is 6.92 Å². The maximum absolute atomic E-state index is 5.67. The maximum Gasteiger partial charge on any atom is 0.177 e. The molecule has 0 N–H and O–H groups in total. The smallest absolute Gasteiger partial charge is 0.177 e. The molecule has 2 aromatic rings.